The highest BCUT2D eigenvalue weighted by Crippen LogP contribution is 2.28. The van der Waals surface area contributed by atoms with Crippen LogP contribution in [-0.4, -0.2) is 54.0 Å². The van der Waals surface area contributed by atoms with Crippen molar-refractivity contribution in [2.45, 2.75) is 91.3 Å². The molecule has 0 radical (unpaired) electrons. The second-order valence-corrected chi connectivity index (χ2v) is 11.4. The van der Waals surface area contributed by atoms with Crippen LogP contribution in [-0.2, 0) is 19.1 Å². The van der Waals surface area contributed by atoms with Gasteiger partial charge in [-0.3, -0.25) is 14.4 Å². The number of ether oxygens (including phenoxy) is 2. The van der Waals surface area contributed by atoms with Crippen molar-refractivity contribution in [2.75, 3.05) is 19.0 Å². The summed E-state index contributed by atoms with van der Waals surface area (Å²) >= 11 is 0. The quantitative estimate of drug-likeness (QED) is 0.263. The maximum Gasteiger partial charge on any atom is 0.408 e. The number of methoxy groups -OCH3 is 1. The Labute approximate surface area is 249 Å². The van der Waals surface area contributed by atoms with Crippen molar-refractivity contribution in [3.63, 3.8) is 0 Å². The van der Waals surface area contributed by atoms with Gasteiger partial charge in [0, 0.05) is 12.2 Å². The summed E-state index contributed by atoms with van der Waals surface area (Å²) in [5, 5.41) is 5.44. The molecule has 0 aliphatic carbocycles. The van der Waals surface area contributed by atoms with Crippen LogP contribution in [0.3, 0.4) is 0 Å². The fraction of sp³-hybridized carbons (Fsp3) is 0.500. The van der Waals surface area contributed by atoms with Crippen LogP contribution in [0.5, 0.6) is 5.75 Å². The Balaban J connectivity index is 2.57. The maximum absolute atomic E-state index is 14.2. The number of nitrogens with zero attached hydrogens (tertiary/aromatic N) is 1. The summed E-state index contributed by atoms with van der Waals surface area (Å²) in [4.78, 5) is 54.4. The van der Waals surface area contributed by atoms with E-state index in [4.69, 9.17) is 15.2 Å². The summed E-state index contributed by atoms with van der Waals surface area (Å²) in [5.74, 6) is -1.19. The lowest BCUT2D eigenvalue weighted by molar-refractivity contribution is -0.142. The minimum Gasteiger partial charge on any atom is -0.497 e. The predicted octanol–water partition coefficient (Wildman–Crippen LogP) is 5.17. The minimum atomic E-state index is -1.33. The zero-order valence-corrected chi connectivity index (χ0v) is 25.9. The van der Waals surface area contributed by atoms with Gasteiger partial charge in [0.25, 0.3) is 5.91 Å². The summed E-state index contributed by atoms with van der Waals surface area (Å²) in [6, 6.07) is 10.1. The third-order valence-electron chi connectivity index (χ3n) is 6.69. The highest BCUT2D eigenvalue weighted by atomic mass is 16.6. The van der Waals surface area contributed by atoms with E-state index in [9.17, 15) is 19.2 Å². The number of alkyl carbamates (subject to hydrolysis) is 1. The van der Waals surface area contributed by atoms with E-state index in [1.807, 2.05) is 32.0 Å². The second kappa shape index (κ2) is 15.8. The van der Waals surface area contributed by atoms with Crippen LogP contribution in [0.15, 0.2) is 42.5 Å². The van der Waals surface area contributed by atoms with Crippen molar-refractivity contribution < 1.29 is 28.7 Å². The molecule has 230 valence electrons. The molecule has 0 spiro atoms. The zero-order chi connectivity index (χ0) is 31.4. The zero-order valence-electron chi connectivity index (χ0n) is 25.9. The van der Waals surface area contributed by atoms with Crippen LogP contribution in [0.25, 0.3) is 0 Å². The molecule has 4 amide bonds. The molecule has 0 aliphatic rings. The van der Waals surface area contributed by atoms with Gasteiger partial charge in [-0.2, -0.15) is 0 Å². The fourth-order valence-corrected chi connectivity index (χ4v) is 4.42. The summed E-state index contributed by atoms with van der Waals surface area (Å²) < 4.78 is 10.6. The third kappa shape index (κ3) is 10.7. The first-order chi connectivity index (χ1) is 19.7. The number of hydrogen-bond acceptors (Lipinski definition) is 6. The number of primary amides is 1. The number of nitrogens with one attached hydrogen (secondary N) is 2. The average molecular weight is 583 g/mol. The smallest absolute Gasteiger partial charge is 0.408 e. The van der Waals surface area contributed by atoms with E-state index < -0.39 is 47.9 Å². The van der Waals surface area contributed by atoms with Crippen LogP contribution in [0.1, 0.15) is 82.5 Å². The average Bonchev–Trinajstić information content (AvgIpc) is 2.90. The Morgan fingerprint density at radius 3 is 2.17 bits per heavy atom. The molecule has 2 aromatic rings. The predicted molar refractivity (Wildman–Crippen MR) is 163 cm³/mol. The molecule has 10 nitrogen and oxygen atoms in total. The SMILES string of the molecule is CCCCCCN(C(=O)C(CC(N)=O)NC(=O)OC(C)(C)C)C(C(=O)Nc1ccc(OC)cc1)c1ccc(C)c(C)c1. The van der Waals surface area contributed by atoms with Crippen LogP contribution >= 0.6 is 0 Å². The molecular weight excluding hydrogens is 536 g/mol. The highest BCUT2D eigenvalue weighted by Gasteiger charge is 2.37. The standard InChI is InChI=1S/C32H46N4O6/c1-8-9-10-11-18-36(30(39)26(20-27(33)37)35-31(40)42-32(4,5)6)28(23-13-12-21(2)22(3)19-23)29(38)34-24-14-16-25(41-7)17-15-24/h12-17,19,26,28H,8-11,18,20H2,1-7H3,(H2,33,37)(H,34,38)(H,35,40). The minimum absolute atomic E-state index is 0.220. The van der Waals surface area contributed by atoms with Crippen LogP contribution in [0.4, 0.5) is 10.5 Å². The summed E-state index contributed by atoms with van der Waals surface area (Å²) in [6.07, 6.45) is 2.07. The van der Waals surface area contributed by atoms with Gasteiger partial charge in [-0.25, -0.2) is 4.79 Å². The van der Waals surface area contributed by atoms with Crippen LogP contribution in [0.2, 0.25) is 0 Å². The molecule has 2 unspecified atom stereocenters. The fourth-order valence-electron chi connectivity index (χ4n) is 4.42. The molecule has 2 rings (SSSR count). The van der Waals surface area contributed by atoms with Crippen molar-refractivity contribution in [3.8, 4) is 5.75 Å². The first kappa shape index (κ1) is 34.1. The van der Waals surface area contributed by atoms with Gasteiger partial charge in [0.2, 0.25) is 11.8 Å². The first-order valence-electron chi connectivity index (χ1n) is 14.4. The molecular formula is C32H46N4O6. The molecule has 2 atom stereocenters. The van der Waals surface area contributed by atoms with E-state index in [-0.39, 0.29) is 6.54 Å². The lowest BCUT2D eigenvalue weighted by Gasteiger charge is -2.34. The molecule has 0 saturated heterocycles. The summed E-state index contributed by atoms with van der Waals surface area (Å²) in [5.41, 5.74) is 7.77. The number of anilines is 1. The van der Waals surface area contributed by atoms with Crippen LogP contribution in [0, 0.1) is 13.8 Å². The Bertz CT molecular complexity index is 1220. The van der Waals surface area contributed by atoms with Gasteiger partial charge in [0.15, 0.2) is 0 Å². The molecule has 42 heavy (non-hydrogen) atoms. The van der Waals surface area contributed by atoms with Crippen molar-refractivity contribution in [1.82, 2.24) is 10.2 Å². The van der Waals surface area contributed by atoms with Gasteiger partial charge in [-0.05, 0) is 82.0 Å². The number of benzene rings is 2. The number of nitrogens with two attached hydrogens (primary N) is 1. The van der Waals surface area contributed by atoms with Gasteiger partial charge in [-0.1, -0.05) is 44.4 Å². The molecule has 4 N–H and O–H groups in total. The van der Waals surface area contributed by atoms with E-state index in [1.54, 1.807) is 52.1 Å². The largest absolute Gasteiger partial charge is 0.497 e. The molecule has 0 aromatic heterocycles. The second-order valence-electron chi connectivity index (χ2n) is 11.4. The summed E-state index contributed by atoms with van der Waals surface area (Å²) in [7, 11) is 1.55. The monoisotopic (exact) mass is 582 g/mol. The number of rotatable bonds is 14. The third-order valence-corrected chi connectivity index (χ3v) is 6.69. The van der Waals surface area contributed by atoms with Gasteiger partial charge < -0.3 is 30.7 Å². The molecule has 0 bridgehead atoms. The number of unbranched alkanes of at least 4 members (excludes halogenated alkanes) is 3. The van der Waals surface area contributed by atoms with E-state index in [2.05, 4.69) is 17.6 Å². The van der Waals surface area contributed by atoms with Gasteiger partial charge in [0.1, 0.15) is 23.4 Å². The van der Waals surface area contributed by atoms with Crippen LogP contribution < -0.4 is 21.1 Å². The topological polar surface area (TPSA) is 140 Å². The van der Waals surface area contributed by atoms with Crippen molar-refractivity contribution in [3.05, 3.63) is 59.2 Å². The lowest BCUT2D eigenvalue weighted by Crippen LogP contribution is -2.53. The van der Waals surface area contributed by atoms with E-state index >= 15 is 0 Å². The molecule has 0 saturated carbocycles. The van der Waals surface area contributed by atoms with Gasteiger partial charge in [0.05, 0.1) is 13.5 Å². The number of carbonyl (C=O) groups is 4. The molecule has 10 heteroatoms. The normalized spacial score (nSPS) is 12.5. The Morgan fingerprint density at radius 2 is 1.62 bits per heavy atom. The molecule has 0 aliphatic heterocycles. The molecule has 0 heterocycles. The number of aryl methyl sites for hydroxylation is 2. The number of carbonyl (C=O) groups excluding carboxylic acids is 4. The molecule has 0 fully saturated rings. The van der Waals surface area contributed by atoms with Crippen molar-refractivity contribution in [1.29, 1.82) is 0 Å². The Hall–Kier alpha value is -4.08. The van der Waals surface area contributed by atoms with E-state index in [1.165, 1.54) is 4.90 Å². The Kier molecular flexibility index (Phi) is 12.8. The van der Waals surface area contributed by atoms with Crippen molar-refractivity contribution >= 4 is 29.5 Å². The van der Waals surface area contributed by atoms with Gasteiger partial charge >= 0.3 is 6.09 Å². The van der Waals surface area contributed by atoms with Crippen molar-refractivity contribution in [2.24, 2.45) is 5.73 Å². The first-order valence-corrected chi connectivity index (χ1v) is 14.4. The van der Waals surface area contributed by atoms with Gasteiger partial charge in [-0.15, -0.1) is 0 Å². The summed E-state index contributed by atoms with van der Waals surface area (Å²) in [6.45, 7) is 11.3. The molecule has 2 aromatic carbocycles. The highest BCUT2D eigenvalue weighted by molar-refractivity contribution is 5.99. The van der Waals surface area contributed by atoms with E-state index in [0.29, 0.717) is 23.4 Å². The number of amides is 4. The Morgan fingerprint density at radius 1 is 0.952 bits per heavy atom. The van der Waals surface area contributed by atoms with E-state index in [0.717, 1.165) is 30.4 Å². The maximum atomic E-state index is 14.2. The number of hydrogen-bond donors (Lipinski definition) is 3. The lowest BCUT2D eigenvalue weighted by atomic mass is 9.97.